The lowest BCUT2D eigenvalue weighted by Crippen LogP contribution is -2.41. The van der Waals surface area contributed by atoms with Crippen molar-refractivity contribution in [1.29, 1.82) is 0 Å². The number of halogens is 2. The van der Waals surface area contributed by atoms with E-state index in [0.717, 1.165) is 18.2 Å². The molecule has 7 heteroatoms. The predicted octanol–water partition coefficient (Wildman–Crippen LogP) is 2.58. The van der Waals surface area contributed by atoms with Crippen LogP contribution in [0.1, 0.15) is 26.3 Å². The van der Waals surface area contributed by atoms with Gasteiger partial charge in [-0.25, -0.2) is 18.4 Å². The van der Waals surface area contributed by atoms with Crippen LogP contribution in [0.4, 0.5) is 8.78 Å². The molecule has 0 amide bonds. The fourth-order valence-corrected chi connectivity index (χ4v) is 1.89. The second-order valence-corrected chi connectivity index (χ2v) is 4.98. The van der Waals surface area contributed by atoms with Crippen molar-refractivity contribution < 1.29 is 32.6 Å². The molecule has 1 aliphatic rings. The van der Waals surface area contributed by atoms with Crippen LogP contribution in [0, 0.1) is 11.6 Å². The standard InChI is InChI=1S/C15H14F2O5/c1-4-20-12-10(16)6-8(7-11(12)17)5-9-13(18)21-15(2,3)22-14(9)19/h5-7H,4H2,1-3H3. The maximum absolute atomic E-state index is 13.7. The van der Waals surface area contributed by atoms with Gasteiger partial charge >= 0.3 is 11.9 Å². The minimum Gasteiger partial charge on any atom is -0.488 e. The fraction of sp³-hybridized carbons (Fsp3) is 0.333. The van der Waals surface area contributed by atoms with Crippen molar-refractivity contribution in [3.8, 4) is 5.75 Å². The summed E-state index contributed by atoms with van der Waals surface area (Å²) < 4.78 is 42.1. The Hall–Kier alpha value is -2.44. The van der Waals surface area contributed by atoms with Gasteiger partial charge in [0, 0.05) is 13.8 Å². The Balaban J connectivity index is 2.37. The van der Waals surface area contributed by atoms with E-state index in [1.54, 1.807) is 6.92 Å². The van der Waals surface area contributed by atoms with Gasteiger partial charge in [0.1, 0.15) is 5.57 Å². The van der Waals surface area contributed by atoms with Crippen LogP contribution in [0.5, 0.6) is 5.75 Å². The third-order valence-corrected chi connectivity index (χ3v) is 2.74. The van der Waals surface area contributed by atoms with Crippen LogP contribution < -0.4 is 4.74 Å². The molecule has 0 saturated carbocycles. The average molecular weight is 312 g/mol. The lowest BCUT2D eigenvalue weighted by atomic mass is 10.1. The SMILES string of the molecule is CCOc1c(F)cc(C=C2C(=O)OC(C)(C)OC2=O)cc1F. The van der Waals surface area contributed by atoms with Crippen LogP contribution in [0.15, 0.2) is 17.7 Å². The third kappa shape index (κ3) is 3.24. The van der Waals surface area contributed by atoms with Crippen LogP contribution in [0.3, 0.4) is 0 Å². The number of esters is 2. The fourth-order valence-electron chi connectivity index (χ4n) is 1.89. The minimum absolute atomic E-state index is 0.0259. The zero-order valence-corrected chi connectivity index (χ0v) is 12.2. The van der Waals surface area contributed by atoms with Crippen molar-refractivity contribution in [3.63, 3.8) is 0 Å². The van der Waals surface area contributed by atoms with E-state index in [-0.39, 0.29) is 12.2 Å². The van der Waals surface area contributed by atoms with Crippen LogP contribution in [-0.2, 0) is 19.1 Å². The first kappa shape index (κ1) is 15.9. The summed E-state index contributed by atoms with van der Waals surface area (Å²) in [6.45, 7) is 4.48. The third-order valence-electron chi connectivity index (χ3n) is 2.74. The second kappa shape index (κ2) is 5.75. The molecule has 0 unspecified atom stereocenters. The van der Waals surface area contributed by atoms with Gasteiger partial charge in [-0.15, -0.1) is 0 Å². The van der Waals surface area contributed by atoms with Gasteiger partial charge in [0.2, 0.25) is 0 Å². The zero-order valence-electron chi connectivity index (χ0n) is 12.2. The van der Waals surface area contributed by atoms with E-state index < -0.39 is 40.7 Å². The number of carbonyl (C=O) groups excluding carboxylic acids is 2. The minimum atomic E-state index is -1.37. The van der Waals surface area contributed by atoms with Crippen molar-refractivity contribution in [3.05, 3.63) is 34.9 Å². The number of cyclic esters (lactones) is 2. The lowest BCUT2D eigenvalue weighted by Gasteiger charge is -2.29. The molecule has 1 aromatic rings. The summed E-state index contributed by atoms with van der Waals surface area (Å²) in [5, 5.41) is 0. The highest BCUT2D eigenvalue weighted by molar-refractivity contribution is 6.18. The molecule has 1 fully saturated rings. The Kier molecular flexibility index (Phi) is 4.16. The second-order valence-electron chi connectivity index (χ2n) is 4.98. The smallest absolute Gasteiger partial charge is 0.348 e. The van der Waals surface area contributed by atoms with Gasteiger partial charge in [0.25, 0.3) is 5.79 Å². The first-order valence-corrected chi connectivity index (χ1v) is 6.53. The van der Waals surface area contributed by atoms with Crippen molar-refractivity contribution in [2.45, 2.75) is 26.6 Å². The molecule has 22 heavy (non-hydrogen) atoms. The largest absolute Gasteiger partial charge is 0.488 e. The molecule has 2 rings (SSSR count). The summed E-state index contributed by atoms with van der Waals surface area (Å²) in [7, 11) is 0. The van der Waals surface area contributed by atoms with Gasteiger partial charge in [-0.3, -0.25) is 0 Å². The highest BCUT2D eigenvalue weighted by Gasteiger charge is 2.38. The van der Waals surface area contributed by atoms with Crippen LogP contribution >= 0.6 is 0 Å². The van der Waals surface area contributed by atoms with Crippen molar-refractivity contribution in [2.24, 2.45) is 0 Å². The van der Waals surface area contributed by atoms with E-state index >= 15 is 0 Å². The summed E-state index contributed by atoms with van der Waals surface area (Å²) in [4.78, 5) is 23.5. The maximum atomic E-state index is 13.7. The Morgan fingerprint density at radius 3 is 2.09 bits per heavy atom. The molecule has 5 nitrogen and oxygen atoms in total. The van der Waals surface area contributed by atoms with Crippen molar-refractivity contribution in [1.82, 2.24) is 0 Å². The molecular formula is C15H14F2O5. The van der Waals surface area contributed by atoms with E-state index in [1.807, 2.05) is 0 Å². The lowest BCUT2D eigenvalue weighted by molar-refractivity contribution is -0.222. The summed E-state index contributed by atoms with van der Waals surface area (Å²) in [5.74, 6) is -5.61. The summed E-state index contributed by atoms with van der Waals surface area (Å²) >= 11 is 0. The number of benzene rings is 1. The molecule has 118 valence electrons. The van der Waals surface area contributed by atoms with Gasteiger partial charge in [-0.05, 0) is 30.7 Å². The topological polar surface area (TPSA) is 61.8 Å². The number of rotatable bonds is 3. The molecule has 0 radical (unpaired) electrons. The van der Waals surface area contributed by atoms with E-state index in [9.17, 15) is 18.4 Å². The predicted molar refractivity (Wildman–Crippen MR) is 71.8 cm³/mol. The molecule has 1 aliphatic heterocycles. The van der Waals surface area contributed by atoms with Gasteiger partial charge in [0.05, 0.1) is 6.61 Å². The molecular weight excluding hydrogens is 298 g/mol. The van der Waals surface area contributed by atoms with E-state index in [1.165, 1.54) is 13.8 Å². The van der Waals surface area contributed by atoms with E-state index in [2.05, 4.69) is 0 Å². The Morgan fingerprint density at radius 2 is 1.64 bits per heavy atom. The van der Waals surface area contributed by atoms with Gasteiger partial charge in [-0.1, -0.05) is 0 Å². The number of ether oxygens (including phenoxy) is 3. The Labute approximate surface area is 125 Å². The van der Waals surface area contributed by atoms with Gasteiger partial charge in [0.15, 0.2) is 17.4 Å². The van der Waals surface area contributed by atoms with Crippen LogP contribution in [0.25, 0.3) is 6.08 Å². The quantitative estimate of drug-likeness (QED) is 0.488. The Morgan fingerprint density at radius 1 is 1.14 bits per heavy atom. The molecule has 0 aliphatic carbocycles. The first-order chi connectivity index (χ1) is 10.2. The molecule has 0 atom stereocenters. The number of carbonyl (C=O) groups is 2. The number of hydrogen-bond acceptors (Lipinski definition) is 5. The van der Waals surface area contributed by atoms with Gasteiger partial charge < -0.3 is 14.2 Å². The number of hydrogen-bond donors (Lipinski definition) is 0. The first-order valence-electron chi connectivity index (χ1n) is 6.53. The molecule has 0 bridgehead atoms. The maximum Gasteiger partial charge on any atom is 0.348 e. The van der Waals surface area contributed by atoms with Crippen LogP contribution in [-0.4, -0.2) is 24.3 Å². The highest BCUT2D eigenvalue weighted by atomic mass is 19.1. The molecule has 1 saturated heterocycles. The monoisotopic (exact) mass is 312 g/mol. The van der Waals surface area contributed by atoms with Crippen molar-refractivity contribution in [2.75, 3.05) is 6.61 Å². The zero-order chi connectivity index (χ0) is 16.5. The summed E-state index contributed by atoms with van der Waals surface area (Å²) in [6.07, 6.45) is 1.00. The molecule has 0 N–H and O–H groups in total. The van der Waals surface area contributed by atoms with E-state index in [0.29, 0.717) is 0 Å². The average Bonchev–Trinajstić information content (AvgIpc) is 2.37. The summed E-state index contributed by atoms with van der Waals surface area (Å²) in [5.41, 5.74) is -0.468. The molecule has 1 heterocycles. The highest BCUT2D eigenvalue weighted by Crippen LogP contribution is 2.27. The Bertz CT molecular complexity index is 619. The normalized spacial score (nSPS) is 16.9. The van der Waals surface area contributed by atoms with Crippen LogP contribution in [0.2, 0.25) is 0 Å². The molecule has 1 aromatic carbocycles. The molecule has 0 aromatic heterocycles. The van der Waals surface area contributed by atoms with Gasteiger partial charge in [-0.2, -0.15) is 0 Å². The molecule has 0 spiro atoms. The van der Waals surface area contributed by atoms with E-state index in [4.69, 9.17) is 14.2 Å². The summed E-state index contributed by atoms with van der Waals surface area (Å²) in [6, 6.07) is 1.89. The van der Waals surface area contributed by atoms with Crippen molar-refractivity contribution >= 4 is 18.0 Å².